The number of hydrogen-bond acceptors (Lipinski definition) is 3. The zero-order valence-corrected chi connectivity index (χ0v) is 34.7. The number of Topliss-reactive ketones (excluding diaryl/α,β-unsaturated/α-hetero) is 1. The smallest absolute Gasteiger partial charge is 0.657 e. The van der Waals surface area contributed by atoms with Crippen molar-refractivity contribution in [2.45, 2.75) is 130 Å². The molecule has 0 fully saturated rings. The molecule has 0 saturated carbocycles. The van der Waals surface area contributed by atoms with Crippen molar-refractivity contribution in [1.82, 2.24) is 19.9 Å². The fourth-order valence-electron chi connectivity index (χ4n) is 8.47. The molecule has 2 aliphatic heterocycles. The molecule has 1 atom stereocenters. The molecular formula is C50H58N4NiO. The third-order valence-corrected chi connectivity index (χ3v) is 11.7. The van der Waals surface area contributed by atoms with Gasteiger partial charge in [-0.15, -0.1) is 22.1 Å². The molecule has 3 aliphatic rings. The van der Waals surface area contributed by atoms with Crippen molar-refractivity contribution in [3.8, 4) is 0 Å². The summed E-state index contributed by atoms with van der Waals surface area (Å²) in [6.07, 6.45) is 29.3. The Balaban J connectivity index is 0.00000532. The average molecular weight is 790 g/mol. The summed E-state index contributed by atoms with van der Waals surface area (Å²) in [6, 6.07) is 18.8. The summed E-state index contributed by atoms with van der Waals surface area (Å²) in [5, 5.41) is 0. The summed E-state index contributed by atoms with van der Waals surface area (Å²) in [5.41, 5.74) is 14.4. The van der Waals surface area contributed by atoms with Crippen LogP contribution in [0.5, 0.6) is 0 Å². The van der Waals surface area contributed by atoms with Crippen LogP contribution in [0.2, 0.25) is 0 Å². The molecule has 5 nitrogen and oxygen atoms in total. The van der Waals surface area contributed by atoms with E-state index in [1.807, 2.05) is 30.3 Å². The number of carbonyl (C=O) groups is 1. The number of fused-ring (bicyclic) bond motifs is 8. The van der Waals surface area contributed by atoms with Crippen LogP contribution in [0.3, 0.4) is 0 Å². The van der Waals surface area contributed by atoms with Crippen LogP contribution in [-0.4, -0.2) is 15.8 Å². The topological polar surface area (TPSA) is 71.1 Å². The molecule has 6 heteroatoms. The Bertz CT molecular complexity index is 2110. The van der Waals surface area contributed by atoms with Gasteiger partial charge < -0.3 is 9.97 Å². The van der Waals surface area contributed by atoms with Gasteiger partial charge in [0.1, 0.15) is 0 Å². The van der Waals surface area contributed by atoms with Gasteiger partial charge in [-0.25, -0.2) is 9.97 Å². The number of unbranched alkanes of at least 4 members (excludes halogenated alkanes) is 9. The van der Waals surface area contributed by atoms with Crippen molar-refractivity contribution >= 4 is 57.7 Å². The summed E-state index contributed by atoms with van der Waals surface area (Å²) in [5.74, 6) is 0.0514. The molecule has 0 spiro atoms. The molecular weight excluding hydrogens is 731 g/mol. The second-order valence-electron chi connectivity index (χ2n) is 15.7. The van der Waals surface area contributed by atoms with E-state index in [0.29, 0.717) is 6.42 Å². The van der Waals surface area contributed by atoms with Gasteiger partial charge in [0.2, 0.25) is 0 Å². The Kier molecular flexibility index (Phi) is 14.9. The maximum Gasteiger partial charge on any atom is 2.00 e. The fraction of sp³-hybridized carbons (Fsp3) is 0.420. The van der Waals surface area contributed by atoms with Gasteiger partial charge in [0.05, 0.1) is 22.8 Å². The molecule has 4 aromatic rings. The molecule has 1 unspecified atom stereocenters. The van der Waals surface area contributed by atoms with E-state index < -0.39 is 0 Å². The number of nitrogens with zero attached hydrogens (tertiary/aromatic N) is 4. The monoisotopic (exact) mass is 788 g/mol. The number of rotatable bonds is 18. The van der Waals surface area contributed by atoms with Crippen LogP contribution in [-0.2, 0) is 47.0 Å². The van der Waals surface area contributed by atoms with E-state index in [4.69, 9.17) is 19.9 Å². The minimum Gasteiger partial charge on any atom is -0.657 e. The van der Waals surface area contributed by atoms with Crippen LogP contribution in [0.25, 0.3) is 51.9 Å². The number of ketones is 1. The largest absolute Gasteiger partial charge is 2.00 e. The number of aromatic nitrogens is 4. The zero-order chi connectivity index (χ0) is 38.0. The third-order valence-electron chi connectivity index (χ3n) is 11.7. The molecule has 56 heavy (non-hydrogen) atoms. The molecule has 0 N–H and O–H groups in total. The Labute approximate surface area is 344 Å². The molecule has 8 bridgehead atoms. The van der Waals surface area contributed by atoms with Crippen molar-refractivity contribution in [3.63, 3.8) is 0 Å². The molecule has 7 rings (SSSR count). The summed E-state index contributed by atoms with van der Waals surface area (Å²) in [6.45, 7) is 6.79. The first-order valence-electron chi connectivity index (χ1n) is 21.4. The number of aryl methyl sites for hydroxylation is 2. The Hall–Kier alpha value is -4.28. The van der Waals surface area contributed by atoms with Crippen LogP contribution < -0.4 is 9.97 Å². The average Bonchev–Trinajstić information content (AvgIpc) is 4.06. The molecule has 1 aliphatic carbocycles. The number of hydrogen-bond donors (Lipinski definition) is 0. The van der Waals surface area contributed by atoms with Crippen LogP contribution in [0.1, 0.15) is 155 Å². The van der Waals surface area contributed by atoms with Gasteiger partial charge >= 0.3 is 16.5 Å². The maximum absolute atomic E-state index is 14.0. The van der Waals surface area contributed by atoms with Gasteiger partial charge in [0.25, 0.3) is 0 Å². The molecule has 5 heterocycles. The van der Waals surface area contributed by atoms with Gasteiger partial charge in [0, 0.05) is 17.1 Å². The summed E-state index contributed by atoms with van der Waals surface area (Å²) >= 11 is 0. The van der Waals surface area contributed by atoms with Crippen LogP contribution in [0.15, 0.2) is 60.7 Å². The van der Waals surface area contributed by atoms with Crippen molar-refractivity contribution in [2.24, 2.45) is 5.92 Å². The second-order valence-corrected chi connectivity index (χ2v) is 15.7. The second kappa shape index (κ2) is 20.2. The normalized spacial score (nSPS) is 14.7. The number of allylic oxidation sites excluding steroid dienone is 2. The van der Waals surface area contributed by atoms with E-state index in [2.05, 4.69) is 75.4 Å². The molecule has 0 radical (unpaired) electrons. The van der Waals surface area contributed by atoms with E-state index in [0.717, 1.165) is 106 Å². The van der Waals surface area contributed by atoms with E-state index in [-0.39, 0.29) is 28.2 Å². The van der Waals surface area contributed by atoms with Crippen LogP contribution >= 0.6 is 0 Å². The summed E-state index contributed by atoms with van der Waals surface area (Å²) < 4.78 is 0. The molecule has 294 valence electrons. The van der Waals surface area contributed by atoms with Gasteiger partial charge in [-0.3, -0.25) is 4.79 Å². The molecule has 3 aromatic heterocycles. The number of benzene rings is 1. The van der Waals surface area contributed by atoms with Gasteiger partial charge in [-0.2, -0.15) is 0 Å². The van der Waals surface area contributed by atoms with Crippen molar-refractivity contribution < 1.29 is 21.3 Å². The minimum absolute atomic E-state index is 0. The zero-order valence-electron chi connectivity index (χ0n) is 33.7. The standard InChI is InChI=1S/C50H58N4O.Ni/c1-4-7-10-16-21-38-42-26-28-44(51-42)39(22-17-11-8-5-2)46-30-32-48(53-46)41(34-36-24-25-37(50(36)55)35-19-14-13-15-20-35)49-33-31-47(54-49)40(23-18-12-9-6-3)45-29-27-43(38)52-45;/h13-15,19-20,25-33,36H,4-12,16-18,21-24,34H2,1-3H3;/q-2;+2. The van der Waals surface area contributed by atoms with Gasteiger partial charge in [-0.1, -0.05) is 145 Å². The third kappa shape index (κ3) is 9.63. The molecule has 0 amide bonds. The maximum atomic E-state index is 14.0. The molecule has 1 aromatic carbocycles. The van der Waals surface area contributed by atoms with Gasteiger partial charge in [0.15, 0.2) is 5.78 Å². The van der Waals surface area contributed by atoms with E-state index >= 15 is 0 Å². The van der Waals surface area contributed by atoms with Gasteiger partial charge in [-0.05, 0) is 92.4 Å². The Morgan fingerprint density at radius 2 is 0.964 bits per heavy atom. The van der Waals surface area contributed by atoms with E-state index in [9.17, 15) is 4.79 Å². The van der Waals surface area contributed by atoms with Crippen LogP contribution in [0.4, 0.5) is 0 Å². The minimum atomic E-state index is -0.157. The Morgan fingerprint density at radius 1 is 0.536 bits per heavy atom. The fourth-order valence-corrected chi connectivity index (χ4v) is 8.47. The van der Waals surface area contributed by atoms with Crippen molar-refractivity contribution in [3.05, 3.63) is 111 Å². The SMILES string of the molecule is CCCCCCc1c2nc(c(CCCCCC)c3ccc([n-]3)c(CC3CC=C(c4ccccc4)C3=O)c3ccc([n-]3)c(CCCCCC)c3nc1C=C3)C=C2.[Ni+2]. The number of carbonyl (C=O) groups excluding carboxylic acids is 1. The predicted molar refractivity (Wildman–Crippen MR) is 232 cm³/mol. The van der Waals surface area contributed by atoms with Crippen molar-refractivity contribution in [1.29, 1.82) is 0 Å². The predicted octanol–water partition coefficient (Wildman–Crippen LogP) is 12.5. The van der Waals surface area contributed by atoms with Crippen LogP contribution in [0, 0.1) is 5.92 Å². The Morgan fingerprint density at radius 3 is 1.43 bits per heavy atom. The van der Waals surface area contributed by atoms with E-state index in [1.54, 1.807) is 0 Å². The quantitative estimate of drug-likeness (QED) is 0.0641. The summed E-state index contributed by atoms with van der Waals surface area (Å²) in [4.78, 5) is 35.6. The van der Waals surface area contributed by atoms with E-state index in [1.165, 1.54) is 74.5 Å². The first kappa shape index (κ1) is 41.4. The first-order chi connectivity index (χ1) is 27.1. The van der Waals surface area contributed by atoms with Crippen molar-refractivity contribution in [2.75, 3.05) is 0 Å². The molecule has 0 saturated heterocycles. The first-order valence-corrected chi connectivity index (χ1v) is 21.4. The summed E-state index contributed by atoms with van der Waals surface area (Å²) in [7, 11) is 0.